The summed E-state index contributed by atoms with van der Waals surface area (Å²) in [5.74, 6) is 0.466. The van der Waals surface area contributed by atoms with Gasteiger partial charge in [-0.2, -0.15) is 0 Å². The second-order valence-corrected chi connectivity index (χ2v) is 9.57. The number of benzene rings is 2. The van der Waals surface area contributed by atoms with Crippen molar-refractivity contribution >= 4 is 21.5 Å². The first kappa shape index (κ1) is 28.4. The molecule has 2 heterocycles. The van der Waals surface area contributed by atoms with Crippen LogP contribution in [0.1, 0.15) is 56.1 Å². The van der Waals surface area contributed by atoms with E-state index in [-0.39, 0.29) is 0 Å². The Bertz CT molecular complexity index is 1200. The van der Waals surface area contributed by atoms with Crippen molar-refractivity contribution < 1.29 is 0 Å². The Hall–Kier alpha value is -2.82. The standard InChI is InChI=1S/C15H20N2.C14H18N2.C2H6/c1-11(2)15-14-8-6-5-7-13(14)12(9-16-15)10-17(3)4;1-11-13-6-4-5-12(8-10-16(2)3)14(13)7-9-15-11;1-2/h5-9,11H,10H2,1-4H3;4-7,9H,8,10H2,1-3H3;1-2H3. The Labute approximate surface area is 213 Å². The topological polar surface area (TPSA) is 32.3 Å². The van der Waals surface area contributed by atoms with Gasteiger partial charge in [0, 0.05) is 41.9 Å². The highest BCUT2D eigenvalue weighted by atomic mass is 15.1. The van der Waals surface area contributed by atoms with Crippen LogP contribution in [0, 0.1) is 6.92 Å². The molecule has 0 amide bonds. The molecule has 0 aliphatic heterocycles. The molecule has 2 aromatic heterocycles. The number of aryl methyl sites for hydroxylation is 1. The maximum Gasteiger partial charge on any atom is 0.0507 e. The molecule has 0 atom stereocenters. The number of aromatic nitrogens is 2. The van der Waals surface area contributed by atoms with Gasteiger partial charge in [0.1, 0.15) is 0 Å². The fraction of sp³-hybridized carbons (Fsp3) is 0.419. The Morgan fingerprint density at radius 3 is 1.97 bits per heavy atom. The van der Waals surface area contributed by atoms with Gasteiger partial charge in [0.05, 0.1) is 5.69 Å². The molecule has 4 rings (SSSR count). The summed E-state index contributed by atoms with van der Waals surface area (Å²) in [5, 5.41) is 5.25. The SMILES string of the molecule is CC.CC(C)c1ncc(CN(C)C)c2ccccc12.Cc1nccc2c(CCN(C)C)cccc12. The Balaban J connectivity index is 0.000000231. The van der Waals surface area contributed by atoms with Crippen molar-refractivity contribution in [3.8, 4) is 0 Å². The zero-order valence-corrected chi connectivity index (χ0v) is 23.3. The van der Waals surface area contributed by atoms with Crippen LogP contribution in [0.15, 0.2) is 60.9 Å². The molecule has 0 radical (unpaired) electrons. The van der Waals surface area contributed by atoms with Gasteiger partial charge in [-0.05, 0) is 75.4 Å². The summed E-state index contributed by atoms with van der Waals surface area (Å²) < 4.78 is 0. The van der Waals surface area contributed by atoms with Crippen molar-refractivity contribution in [1.29, 1.82) is 0 Å². The third kappa shape index (κ3) is 7.84. The summed E-state index contributed by atoms with van der Waals surface area (Å²) >= 11 is 0. The summed E-state index contributed by atoms with van der Waals surface area (Å²) in [6, 6.07) is 17.2. The predicted molar refractivity (Wildman–Crippen MR) is 153 cm³/mol. The van der Waals surface area contributed by atoms with Crippen LogP contribution in [0.4, 0.5) is 0 Å². The number of fused-ring (bicyclic) bond motifs is 2. The van der Waals surface area contributed by atoms with Gasteiger partial charge in [0.15, 0.2) is 0 Å². The molecule has 0 spiro atoms. The molecular weight excluding hydrogens is 428 g/mol. The van der Waals surface area contributed by atoms with Crippen molar-refractivity contribution in [3.63, 3.8) is 0 Å². The lowest BCUT2D eigenvalue weighted by Crippen LogP contribution is -2.15. The molecule has 0 bridgehead atoms. The first-order chi connectivity index (χ1) is 16.8. The van der Waals surface area contributed by atoms with Crippen LogP contribution in [0.5, 0.6) is 0 Å². The summed E-state index contributed by atoms with van der Waals surface area (Å²) in [6.45, 7) is 12.5. The van der Waals surface area contributed by atoms with E-state index in [0.29, 0.717) is 5.92 Å². The fourth-order valence-electron chi connectivity index (χ4n) is 4.18. The number of hydrogen-bond donors (Lipinski definition) is 0. The van der Waals surface area contributed by atoms with Crippen molar-refractivity contribution in [2.24, 2.45) is 0 Å². The Morgan fingerprint density at radius 1 is 0.714 bits per heavy atom. The van der Waals surface area contributed by atoms with E-state index in [2.05, 4.69) is 117 Å². The monoisotopic (exact) mass is 472 g/mol. The van der Waals surface area contributed by atoms with E-state index < -0.39 is 0 Å². The summed E-state index contributed by atoms with van der Waals surface area (Å²) in [6.07, 6.45) is 5.02. The molecule has 0 aliphatic carbocycles. The molecule has 188 valence electrons. The van der Waals surface area contributed by atoms with E-state index in [4.69, 9.17) is 0 Å². The van der Waals surface area contributed by atoms with E-state index in [1.165, 1.54) is 38.4 Å². The van der Waals surface area contributed by atoms with E-state index in [1.807, 2.05) is 26.2 Å². The average Bonchev–Trinajstić information content (AvgIpc) is 2.84. The number of rotatable bonds is 6. The lowest BCUT2D eigenvalue weighted by atomic mass is 9.99. The van der Waals surface area contributed by atoms with Gasteiger partial charge in [-0.25, -0.2) is 0 Å². The van der Waals surface area contributed by atoms with Gasteiger partial charge < -0.3 is 9.80 Å². The smallest absolute Gasteiger partial charge is 0.0507 e. The van der Waals surface area contributed by atoms with Crippen LogP contribution in [0.3, 0.4) is 0 Å². The first-order valence-corrected chi connectivity index (χ1v) is 12.8. The summed E-state index contributed by atoms with van der Waals surface area (Å²) in [4.78, 5) is 13.4. The van der Waals surface area contributed by atoms with Gasteiger partial charge in [-0.3, -0.25) is 9.97 Å². The first-order valence-electron chi connectivity index (χ1n) is 12.8. The molecule has 0 unspecified atom stereocenters. The van der Waals surface area contributed by atoms with Crippen LogP contribution in [0.2, 0.25) is 0 Å². The summed E-state index contributed by atoms with van der Waals surface area (Å²) in [7, 11) is 8.39. The molecule has 35 heavy (non-hydrogen) atoms. The molecule has 0 aliphatic rings. The molecule has 4 nitrogen and oxygen atoms in total. The van der Waals surface area contributed by atoms with E-state index >= 15 is 0 Å². The molecular formula is C31H44N4. The molecule has 4 heteroatoms. The fourth-order valence-corrected chi connectivity index (χ4v) is 4.18. The predicted octanol–water partition coefficient (Wildman–Crippen LogP) is 7.09. The molecule has 0 fully saturated rings. The lowest BCUT2D eigenvalue weighted by Gasteiger charge is -2.15. The average molecular weight is 473 g/mol. The minimum absolute atomic E-state index is 0.466. The molecule has 0 N–H and O–H groups in total. The molecule has 0 saturated carbocycles. The number of nitrogens with zero attached hydrogens (tertiary/aromatic N) is 4. The minimum Gasteiger partial charge on any atom is -0.309 e. The normalized spacial score (nSPS) is 11.0. The maximum absolute atomic E-state index is 4.63. The zero-order chi connectivity index (χ0) is 26.0. The summed E-state index contributed by atoms with van der Waals surface area (Å²) in [5.41, 5.74) is 5.03. The van der Waals surface area contributed by atoms with E-state index in [9.17, 15) is 0 Å². The van der Waals surface area contributed by atoms with Crippen LogP contribution < -0.4 is 0 Å². The quantitative estimate of drug-likeness (QED) is 0.300. The van der Waals surface area contributed by atoms with Crippen molar-refractivity contribution in [2.45, 2.75) is 53.5 Å². The highest BCUT2D eigenvalue weighted by molar-refractivity contribution is 5.88. The van der Waals surface area contributed by atoms with Gasteiger partial charge >= 0.3 is 0 Å². The minimum atomic E-state index is 0.466. The largest absolute Gasteiger partial charge is 0.309 e. The third-order valence-corrected chi connectivity index (χ3v) is 5.87. The maximum atomic E-state index is 4.63. The van der Waals surface area contributed by atoms with E-state index in [1.54, 1.807) is 0 Å². The Morgan fingerprint density at radius 2 is 1.34 bits per heavy atom. The van der Waals surface area contributed by atoms with Gasteiger partial charge in [0.25, 0.3) is 0 Å². The van der Waals surface area contributed by atoms with Crippen LogP contribution in [0.25, 0.3) is 21.5 Å². The van der Waals surface area contributed by atoms with Crippen molar-refractivity contribution in [3.05, 3.63) is 83.4 Å². The number of hydrogen-bond acceptors (Lipinski definition) is 4. The number of pyridine rings is 2. The second-order valence-electron chi connectivity index (χ2n) is 9.57. The molecule has 2 aromatic carbocycles. The lowest BCUT2D eigenvalue weighted by molar-refractivity contribution is 0.403. The second kappa shape index (κ2) is 13.9. The van der Waals surface area contributed by atoms with E-state index in [0.717, 1.165) is 25.2 Å². The van der Waals surface area contributed by atoms with Gasteiger partial charge in [0.2, 0.25) is 0 Å². The van der Waals surface area contributed by atoms with Crippen LogP contribution >= 0.6 is 0 Å². The highest BCUT2D eigenvalue weighted by Gasteiger charge is 2.10. The van der Waals surface area contributed by atoms with Crippen molar-refractivity contribution in [2.75, 3.05) is 34.7 Å². The van der Waals surface area contributed by atoms with Gasteiger partial charge in [-0.15, -0.1) is 0 Å². The number of likely N-dealkylation sites (N-methyl/N-ethyl adjacent to an activating group) is 1. The van der Waals surface area contributed by atoms with Gasteiger partial charge in [-0.1, -0.05) is 70.2 Å². The highest BCUT2D eigenvalue weighted by Crippen LogP contribution is 2.26. The van der Waals surface area contributed by atoms with Crippen LogP contribution in [-0.4, -0.2) is 54.5 Å². The third-order valence-electron chi connectivity index (χ3n) is 5.87. The Kier molecular flexibility index (Phi) is 11.3. The molecule has 0 saturated heterocycles. The zero-order valence-electron chi connectivity index (χ0n) is 23.3. The van der Waals surface area contributed by atoms with Crippen molar-refractivity contribution in [1.82, 2.24) is 19.8 Å². The molecule has 4 aromatic rings. The van der Waals surface area contributed by atoms with Crippen LogP contribution in [-0.2, 0) is 13.0 Å².